The van der Waals surface area contributed by atoms with E-state index in [1.807, 2.05) is 47.4 Å². The fraction of sp³-hybridized carbons (Fsp3) is 0.333. The molecular formula is C30H33FN2O3. The van der Waals surface area contributed by atoms with Crippen LogP contribution in [0.4, 0.5) is 4.39 Å². The van der Waals surface area contributed by atoms with Crippen molar-refractivity contribution in [1.29, 1.82) is 0 Å². The number of piperidine rings is 1. The highest BCUT2D eigenvalue weighted by Crippen LogP contribution is 2.28. The standard InChI is InChI=1S/C30H33FN2O3/c1-32(29(34)21-36-2)28(20-22-8-14-27(31)15-9-22)25-16-18-33(19-17-25)30(35)26-12-10-24(11-13-26)23-6-4-3-5-7-23/h3-15,25,28H,16-21H2,1-2H3. The maximum Gasteiger partial charge on any atom is 0.253 e. The van der Waals surface area contributed by atoms with Gasteiger partial charge < -0.3 is 14.5 Å². The molecule has 1 aliphatic heterocycles. The van der Waals surface area contributed by atoms with Crippen LogP contribution in [0, 0.1) is 11.7 Å². The zero-order valence-corrected chi connectivity index (χ0v) is 20.9. The largest absolute Gasteiger partial charge is 0.375 e. The molecule has 6 heteroatoms. The second-order valence-corrected chi connectivity index (χ2v) is 9.41. The van der Waals surface area contributed by atoms with Gasteiger partial charge in [0.05, 0.1) is 0 Å². The van der Waals surface area contributed by atoms with E-state index in [0.717, 1.165) is 29.5 Å². The smallest absolute Gasteiger partial charge is 0.253 e. The summed E-state index contributed by atoms with van der Waals surface area (Å²) in [6, 6.07) is 24.3. The zero-order valence-electron chi connectivity index (χ0n) is 20.9. The molecule has 0 N–H and O–H groups in total. The Balaban J connectivity index is 1.42. The van der Waals surface area contributed by atoms with Crippen LogP contribution in [0.5, 0.6) is 0 Å². The van der Waals surface area contributed by atoms with Gasteiger partial charge in [0, 0.05) is 38.9 Å². The highest BCUT2D eigenvalue weighted by Gasteiger charge is 2.33. The maximum absolute atomic E-state index is 13.4. The number of ether oxygens (including phenoxy) is 1. The molecule has 0 spiro atoms. The lowest BCUT2D eigenvalue weighted by Crippen LogP contribution is -2.49. The van der Waals surface area contributed by atoms with Gasteiger partial charge in [-0.05, 0) is 66.1 Å². The summed E-state index contributed by atoms with van der Waals surface area (Å²) in [7, 11) is 3.32. The van der Waals surface area contributed by atoms with E-state index >= 15 is 0 Å². The van der Waals surface area contributed by atoms with Crippen LogP contribution in [0.3, 0.4) is 0 Å². The molecule has 36 heavy (non-hydrogen) atoms. The number of rotatable bonds is 8. The molecule has 4 rings (SSSR count). The van der Waals surface area contributed by atoms with Crippen LogP contribution in [0.1, 0.15) is 28.8 Å². The van der Waals surface area contributed by atoms with Gasteiger partial charge >= 0.3 is 0 Å². The maximum atomic E-state index is 13.4. The van der Waals surface area contributed by atoms with E-state index < -0.39 is 0 Å². The van der Waals surface area contributed by atoms with Gasteiger partial charge in [0.25, 0.3) is 5.91 Å². The number of likely N-dealkylation sites (N-methyl/N-ethyl adjacent to an activating group) is 1. The summed E-state index contributed by atoms with van der Waals surface area (Å²) < 4.78 is 18.5. The van der Waals surface area contributed by atoms with E-state index in [0.29, 0.717) is 25.1 Å². The van der Waals surface area contributed by atoms with Crippen molar-refractivity contribution in [3.63, 3.8) is 0 Å². The van der Waals surface area contributed by atoms with Crippen molar-refractivity contribution >= 4 is 11.8 Å². The number of likely N-dealkylation sites (tertiary alicyclic amines) is 1. The van der Waals surface area contributed by atoms with Gasteiger partial charge in [0.1, 0.15) is 12.4 Å². The first-order valence-corrected chi connectivity index (χ1v) is 12.4. The summed E-state index contributed by atoms with van der Waals surface area (Å²) in [4.78, 5) is 29.5. The third kappa shape index (κ3) is 6.18. The number of hydrogen-bond donors (Lipinski definition) is 0. The van der Waals surface area contributed by atoms with Crippen molar-refractivity contribution in [2.75, 3.05) is 33.9 Å². The molecule has 3 aromatic carbocycles. The highest BCUT2D eigenvalue weighted by atomic mass is 19.1. The lowest BCUT2D eigenvalue weighted by Gasteiger charge is -2.40. The molecule has 0 aliphatic carbocycles. The fourth-order valence-corrected chi connectivity index (χ4v) is 5.00. The van der Waals surface area contributed by atoms with Crippen LogP contribution in [-0.4, -0.2) is 61.5 Å². The van der Waals surface area contributed by atoms with Crippen LogP contribution < -0.4 is 0 Å². The van der Waals surface area contributed by atoms with E-state index in [-0.39, 0.29) is 36.2 Å². The van der Waals surface area contributed by atoms with Gasteiger partial charge in [0.2, 0.25) is 5.91 Å². The molecular weight excluding hydrogens is 455 g/mol. The molecule has 1 aliphatic rings. The van der Waals surface area contributed by atoms with Crippen LogP contribution >= 0.6 is 0 Å². The average molecular weight is 489 g/mol. The number of methoxy groups -OCH3 is 1. The van der Waals surface area contributed by atoms with Crippen molar-refractivity contribution in [1.82, 2.24) is 9.80 Å². The Bertz CT molecular complexity index is 1140. The van der Waals surface area contributed by atoms with Crippen molar-refractivity contribution in [3.05, 3.63) is 95.8 Å². The van der Waals surface area contributed by atoms with Gasteiger partial charge in [0.15, 0.2) is 0 Å². The molecule has 3 aromatic rings. The third-order valence-corrected chi connectivity index (χ3v) is 7.13. The van der Waals surface area contributed by atoms with E-state index in [1.165, 1.54) is 19.2 Å². The normalized spacial score (nSPS) is 14.9. The topological polar surface area (TPSA) is 49.9 Å². The summed E-state index contributed by atoms with van der Waals surface area (Å²) >= 11 is 0. The molecule has 0 bridgehead atoms. The second-order valence-electron chi connectivity index (χ2n) is 9.41. The van der Waals surface area contributed by atoms with Gasteiger partial charge in [-0.3, -0.25) is 9.59 Å². The highest BCUT2D eigenvalue weighted by molar-refractivity contribution is 5.94. The molecule has 2 amide bonds. The Morgan fingerprint density at radius 1 is 0.944 bits per heavy atom. The van der Waals surface area contributed by atoms with Crippen LogP contribution in [0.25, 0.3) is 11.1 Å². The van der Waals surface area contributed by atoms with Crippen molar-refractivity contribution in [2.45, 2.75) is 25.3 Å². The zero-order chi connectivity index (χ0) is 25.5. The molecule has 0 radical (unpaired) electrons. The van der Waals surface area contributed by atoms with Crippen LogP contribution in [0.15, 0.2) is 78.9 Å². The fourth-order valence-electron chi connectivity index (χ4n) is 5.00. The lowest BCUT2D eigenvalue weighted by atomic mass is 9.84. The minimum Gasteiger partial charge on any atom is -0.375 e. The molecule has 1 saturated heterocycles. The molecule has 5 nitrogen and oxygen atoms in total. The third-order valence-electron chi connectivity index (χ3n) is 7.13. The summed E-state index contributed by atoms with van der Waals surface area (Å²) in [5.74, 6) is -0.0957. The predicted octanol–water partition coefficient (Wildman–Crippen LogP) is 5.06. The SMILES string of the molecule is COCC(=O)N(C)C(Cc1ccc(F)cc1)C1CCN(C(=O)c2ccc(-c3ccccc3)cc2)CC1. The first-order valence-electron chi connectivity index (χ1n) is 12.4. The molecule has 0 aromatic heterocycles. The summed E-state index contributed by atoms with van der Waals surface area (Å²) in [6.45, 7) is 1.29. The Morgan fingerprint density at radius 3 is 2.17 bits per heavy atom. The summed E-state index contributed by atoms with van der Waals surface area (Å²) in [5.41, 5.74) is 3.87. The van der Waals surface area contributed by atoms with Crippen LogP contribution in [0.2, 0.25) is 0 Å². The van der Waals surface area contributed by atoms with Gasteiger partial charge in [-0.15, -0.1) is 0 Å². The minimum atomic E-state index is -0.275. The Morgan fingerprint density at radius 2 is 1.56 bits per heavy atom. The van der Waals surface area contributed by atoms with Gasteiger partial charge in [-0.25, -0.2) is 4.39 Å². The molecule has 1 fully saturated rings. The Labute approximate surface area is 212 Å². The number of nitrogens with zero attached hydrogens (tertiary/aromatic N) is 2. The molecule has 1 atom stereocenters. The number of halogens is 1. The van der Waals surface area contributed by atoms with E-state index in [2.05, 4.69) is 12.1 Å². The number of benzene rings is 3. The second kappa shape index (κ2) is 12.0. The van der Waals surface area contributed by atoms with E-state index in [4.69, 9.17) is 4.74 Å². The Kier molecular flexibility index (Phi) is 8.49. The lowest BCUT2D eigenvalue weighted by molar-refractivity contribution is -0.137. The summed E-state index contributed by atoms with van der Waals surface area (Å²) in [5, 5.41) is 0. The molecule has 0 saturated carbocycles. The quantitative estimate of drug-likeness (QED) is 0.445. The van der Waals surface area contributed by atoms with Crippen molar-refractivity contribution < 1.29 is 18.7 Å². The number of carbonyl (C=O) groups excluding carboxylic acids is 2. The summed E-state index contributed by atoms with van der Waals surface area (Å²) in [6.07, 6.45) is 2.22. The molecule has 1 heterocycles. The predicted molar refractivity (Wildman–Crippen MR) is 139 cm³/mol. The van der Waals surface area contributed by atoms with Crippen molar-refractivity contribution in [2.24, 2.45) is 5.92 Å². The van der Waals surface area contributed by atoms with Crippen LogP contribution in [-0.2, 0) is 16.0 Å². The van der Waals surface area contributed by atoms with Gasteiger partial charge in [-0.2, -0.15) is 0 Å². The minimum absolute atomic E-state index is 0.0206. The molecule has 1 unspecified atom stereocenters. The van der Waals surface area contributed by atoms with Gasteiger partial charge in [-0.1, -0.05) is 54.6 Å². The number of carbonyl (C=O) groups is 2. The first-order chi connectivity index (χ1) is 17.5. The average Bonchev–Trinajstić information content (AvgIpc) is 2.93. The van der Waals surface area contributed by atoms with E-state index in [1.54, 1.807) is 24.1 Å². The number of hydrogen-bond acceptors (Lipinski definition) is 3. The Hall–Kier alpha value is -3.51. The monoisotopic (exact) mass is 488 g/mol. The van der Waals surface area contributed by atoms with Crippen molar-refractivity contribution in [3.8, 4) is 11.1 Å². The first kappa shape index (κ1) is 25.6. The van der Waals surface area contributed by atoms with E-state index in [9.17, 15) is 14.0 Å². The number of amides is 2. The molecule has 188 valence electrons.